The molecule has 82 valence electrons. The molecule has 0 aliphatic heterocycles. The maximum Gasteiger partial charge on any atom is 0.166 e. The van der Waals surface area contributed by atoms with Gasteiger partial charge in [0.25, 0.3) is 0 Å². The Hall–Kier alpha value is -1.05. The van der Waals surface area contributed by atoms with Gasteiger partial charge in [0.15, 0.2) is 6.29 Å². The van der Waals surface area contributed by atoms with Gasteiger partial charge >= 0.3 is 0 Å². The molecule has 1 aliphatic rings. The highest BCUT2D eigenvalue weighted by Gasteiger charge is 2.19. The molecule has 0 saturated heterocycles. The van der Waals surface area contributed by atoms with Crippen LogP contribution in [0.25, 0.3) is 0 Å². The smallest absolute Gasteiger partial charge is 0.166 e. The highest BCUT2D eigenvalue weighted by molar-refractivity contribution is 5.72. The van der Waals surface area contributed by atoms with Crippen LogP contribution in [0.4, 0.5) is 0 Å². The van der Waals surface area contributed by atoms with E-state index in [1.807, 2.05) is 18.3 Å². The van der Waals surface area contributed by atoms with Crippen LogP contribution in [0.5, 0.6) is 0 Å². The summed E-state index contributed by atoms with van der Waals surface area (Å²) in [7, 11) is 0. The quantitative estimate of drug-likeness (QED) is 0.695. The summed E-state index contributed by atoms with van der Waals surface area (Å²) in [6, 6.07) is 3.84. The van der Waals surface area contributed by atoms with E-state index in [1.54, 1.807) is 0 Å². The van der Waals surface area contributed by atoms with Crippen molar-refractivity contribution in [1.29, 1.82) is 0 Å². The fourth-order valence-corrected chi connectivity index (χ4v) is 2.70. The Balaban J connectivity index is 1.98. The maximum absolute atomic E-state index is 10.8. The molecular formula is C13H19NO. The topological polar surface area (TPSA) is 22.0 Å². The van der Waals surface area contributed by atoms with Gasteiger partial charge in [-0.25, -0.2) is 0 Å². The van der Waals surface area contributed by atoms with E-state index in [9.17, 15) is 4.79 Å². The van der Waals surface area contributed by atoms with Crippen LogP contribution in [0.2, 0.25) is 0 Å². The number of carbonyl (C=O) groups excluding carboxylic acids is 1. The maximum atomic E-state index is 10.8. The fraction of sp³-hybridized carbons (Fsp3) is 0.615. The average molecular weight is 205 g/mol. The molecule has 0 spiro atoms. The molecule has 0 radical (unpaired) electrons. The first-order chi connectivity index (χ1) is 7.29. The van der Waals surface area contributed by atoms with Crippen LogP contribution in [-0.4, -0.2) is 10.9 Å². The zero-order chi connectivity index (χ0) is 10.7. The van der Waals surface area contributed by atoms with Crippen LogP contribution in [0.1, 0.15) is 43.1 Å². The Morgan fingerprint density at radius 3 is 3.13 bits per heavy atom. The van der Waals surface area contributed by atoms with Gasteiger partial charge in [0, 0.05) is 12.7 Å². The van der Waals surface area contributed by atoms with Crippen molar-refractivity contribution in [3.63, 3.8) is 0 Å². The molecule has 2 nitrogen and oxygen atoms in total. The van der Waals surface area contributed by atoms with Crippen molar-refractivity contribution >= 4 is 6.29 Å². The van der Waals surface area contributed by atoms with Gasteiger partial charge < -0.3 is 4.57 Å². The molecular weight excluding hydrogens is 186 g/mol. The van der Waals surface area contributed by atoms with Crippen LogP contribution >= 0.6 is 0 Å². The SMILES string of the molecule is CC1CCCC(Cn2cccc2C=O)C1. The molecule has 0 aromatic carbocycles. The highest BCUT2D eigenvalue weighted by Crippen LogP contribution is 2.29. The van der Waals surface area contributed by atoms with Gasteiger partial charge in [-0.15, -0.1) is 0 Å². The molecule has 15 heavy (non-hydrogen) atoms. The van der Waals surface area contributed by atoms with Crippen molar-refractivity contribution in [1.82, 2.24) is 4.57 Å². The Bertz CT molecular complexity index is 329. The van der Waals surface area contributed by atoms with Crippen molar-refractivity contribution < 1.29 is 4.79 Å². The minimum Gasteiger partial charge on any atom is -0.345 e. The predicted octanol–water partition coefficient (Wildman–Crippen LogP) is 3.13. The Kier molecular flexibility index (Phi) is 3.24. The van der Waals surface area contributed by atoms with Gasteiger partial charge in [-0.05, 0) is 36.8 Å². The molecule has 1 aromatic heterocycles. The van der Waals surface area contributed by atoms with Gasteiger partial charge in [-0.2, -0.15) is 0 Å². The molecule has 0 bridgehead atoms. The third-order valence-electron chi connectivity index (χ3n) is 3.49. The van der Waals surface area contributed by atoms with Crippen molar-refractivity contribution in [2.75, 3.05) is 0 Å². The number of hydrogen-bond acceptors (Lipinski definition) is 1. The lowest BCUT2D eigenvalue weighted by Crippen LogP contribution is -2.19. The average Bonchev–Trinajstić information content (AvgIpc) is 2.65. The van der Waals surface area contributed by atoms with E-state index in [1.165, 1.54) is 25.7 Å². The van der Waals surface area contributed by atoms with E-state index in [4.69, 9.17) is 0 Å². The number of carbonyl (C=O) groups is 1. The molecule has 0 N–H and O–H groups in total. The van der Waals surface area contributed by atoms with E-state index < -0.39 is 0 Å². The summed E-state index contributed by atoms with van der Waals surface area (Å²) in [6.45, 7) is 3.36. The second-order valence-corrected chi connectivity index (χ2v) is 4.84. The normalized spacial score (nSPS) is 26.5. The van der Waals surface area contributed by atoms with Gasteiger partial charge in [0.05, 0.1) is 5.69 Å². The molecule has 1 heterocycles. The van der Waals surface area contributed by atoms with Crippen molar-refractivity contribution in [2.24, 2.45) is 11.8 Å². The van der Waals surface area contributed by atoms with Crippen molar-refractivity contribution in [2.45, 2.75) is 39.2 Å². The summed E-state index contributed by atoms with van der Waals surface area (Å²) < 4.78 is 2.09. The van der Waals surface area contributed by atoms with E-state index >= 15 is 0 Å². The number of aldehydes is 1. The molecule has 1 aromatic rings. The molecule has 0 amide bonds. The monoisotopic (exact) mass is 205 g/mol. The van der Waals surface area contributed by atoms with Gasteiger partial charge in [-0.3, -0.25) is 4.79 Å². The Morgan fingerprint density at radius 1 is 1.53 bits per heavy atom. The summed E-state index contributed by atoms with van der Waals surface area (Å²) in [5.74, 6) is 1.62. The third kappa shape index (κ3) is 2.49. The predicted molar refractivity (Wildman–Crippen MR) is 60.9 cm³/mol. The number of aromatic nitrogens is 1. The first kappa shape index (κ1) is 10.5. The van der Waals surface area contributed by atoms with E-state index in [0.29, 0.717) is 0 Å². The zero-order valence-electron chi connectivity index (χ0n) is 9.36. The lowest BCUT2D eigenvalue weighted by molar-refractivity contribution is 0.111. The number of rotatable bonds is 3. The molecule has 2 unspecified atom stereocenters. The number of nitrogens with zero attached hydrogens (tertiary/aromatic N) is 1. The largest absolute Gasteiger partial charge is 0.345 e. The second kappa shape index (κ2) is 4.65. The first-order valence-corrected chi connectivity index (χ1v) is 5.90. The highest BCUT2D eigenvalue weighted by atomic mass is 16.1. The minimum absolute atomic E-state index is 0.764. The summed E-state index contributed by atoms with van der Waals surface area (Å²) in [4.78, 5) is 10.8. The molecule has 2 rings (SSSR count). The number of hydrogen-bond donors (Lipinski definition) is 0. The lowest BCUT2D eigenvalue weighted by Gasteiger charge is -2.27. The Morgan fingerprint density at radius 2 is 2.40 bits per heavy atom. The minimum atomic E-state index is 0.764. The Labute approximate surface area is 91.3 Å². The molecule has 1 fully saturated rings. The van der Waals surface area contributed by atoms with E-state index in [2.05, 4.69) is 11.5 Å². The molecule has 2 heteroatoms. The molecule has 1 aliphatic carbocycles. The fourth-order valence-electron chi connectivity index (χ4n) is 2.70. The summed E-state index contributed by atoms with van der Waals surface area (Å²) in [6.07, 6.45) is 8.33. The molecule has 1 saturated carbocycles. The van der Waals surface area contributed by atoms with Crippen LogP contribution in [-0.2, 0) is 6.54 Å². The standard InChI is InChI=1S/C13H19NO/c1-11-4-2-5-12(8-11)9-14-7-3-6-13(14)10-15/h3,6-7,10-12H,2,4-5,8-9H2,1H3. The van der Waals surface area contributed by atoms with Crippen LogP contribution in [0, 0.1) is 11.8 Å². The van der Waals surface area contributed by atoms with Crippen LogP contribution in [0.3, 0.4) is 0 Å². The van der Waals surface area contributed by atoms with Crippen LogP contribution in [0.15, 0.2) is 18.3 Å². The van der Waals surface area contributed by atoms with E-state index in [0.717, 1.165) is 30.4 Å². The van der Waals surface area contributed by atoms with Gasteiger partial charge in [0.1, 0.15) is 0 Å². The zero-order valence-corrected chi connectivity index (χ0v) is 9.36. The third-order valence-corrected chi connectivity index (χ3v) is 3.49. The molecule has 2 atom stereocenters. The van der Waals surface area contributed by atoms with Crippen molar-refractivity contribution in [3.05, 3.63) is 24.0 Å². The van der Waals surface area contributed by atoms with Crippen LogP contribution < -0.4 is 0 Å². The van der Waals surface area contributed by atoms with E-state index in [-0.39, 0.29) is 0 Å². The summed E-state index contributed by atoms with van der Waals surface area (Å²) in [5, 5.41) is 0. The first-order valence-electron chi connectivity index (χ1n) is 5.90. The lowest BCUT2D eigenvalue weighted by atomic mass is 9.82. The van der Waals surface area contributed by atoms with Gasteiger partial charge in [-0.1, -0.05) is 19.8 Å². The summed E-state index contributed by atoms with van der Waals surface area (Å²) in [5.41, 5.74) is 0.813. The second-order valence-electron chi connectivity index (χ2n) is 4.84. The van der Waals surface area contributed by atoms with Crippen molar-refractivity contribution in [3.8, 4) is 0 Å². The van der Waals surface area contributed by atoms with Gasteiger partial charge in [0.2, 0.25) is 0 Å². The summed E-state index contributed by atoms with van der Waals surface area (Å²) >= 11 is 0.